The Hall–Kier alpha value is -3.74. The topological polar surface area (TPSA) is 81.4 Å². The SMILES string of the molecule is Cc1ccc(C)c(OCC(=O)Nc2cccc(-c3ccc4nncn4n3)c2)c1. The monoisotopic (exact) mass is 373 g/mol. The number of carbonyl (C=O) groups excluding carboxylic acids is 1. The van der Waals surface area contributed by atoms with E-state index < -0.39 is 0 Å². The van der Waals surface area contributed by atoms with Gasteiger partial charge in [-0.25, -0.2) is 0 Å². The number of fused-ring (bicyclic) bond motifs is 1. The number of aryl methyl sites for hydroxylation is 2. The highest BCUT2D eigenvalue weighted by atomic mass is 16.5. The molecule has 2 heterocycles. The van der Waals surface area contributed by atoms with Gasteiger partial charge in [0, 0.05) is 11.3 Å². The van der Waals surface area contributed by atoms with Crippen molar-refractivity contribution >= 4 is 17.2 Å². The highest BCUT2D eigenvalue weighted by Crippen LogP contribution is 2.22. The van der Waals surface area contributed by atoms with E-state index in [-0.39, 0.29) is 12.5 Å². The molecule has 0 spiro atoms. The van der Waals surface area contributed by atoms with Gasteiger partial charge in [-0.2, -0.15) is 9.61 Å². The number of hydrogen-bond donors (Lipinski definition) is 1. The molecule has 140 valence electrons. The Morgan fingerprint density at radius 1 is 1.11 bits per heavy atom. The van der Waals surface area contributed by atoms with Crippen molar-refractivity contribution in [3.8, 4) is 17.0 Å². The van der Waals surface area contributed by atoms with Crippen LogP contribution in [0.25, 0.3) is 16.9 Å². The smallest absolute Gasteiger partial charge is 0.262 e. The number of rotatable bonds is 5. The molecular weight excluding hydrogens is 354 g/mol. The highest BCUT2D eigenvalue weighted by molar-refractivity contribution is 5.92. The van der Waals surface area contributed by atoms with Gasteiger partial charge in [0.2, 0.25) is 0 Å². The van der Waals surface area contributed by atoms with Crippen molar-refractivity contribution in [2.45, 2.75) is 13.8 Å². The van der Waals surface area contributed by atoms with Crippen molar-refractivity contribution in [3.05, 3.63) is 72.1 Å². The molecule has 2 aromatic heterocycles. The molecule has 4 rings (SSSR count). The molecule has 0 atom stereocenters. The van der Waals surface area contributed by atoms with E-state index in [9.17, 15) is 4.79 Å². The number of anilines is 1. The van der Waals surface area contributed by atoms with Crippen LogP contribution >= 0.6 is 0 Å². The maximum Gasteiger partial charge on any atom is 0.262 e. The van der Waals surface area contributed by atoms with Crippen molar-refractivity contribution < 1.29 is 9.53 Å². The lowest BCUT2D eigenvalue weighted by molar-refractivity contribution is -0.118. The minimum Gasteiger partial charge on any atom is -0.483 e. The molecule has 0 saturated heterocycles. The van der Waals surface area contributed by atoms with Crippen molar-refractivity contribution in [3.63, 3.8) is 0 Å². The van der Waals surface area contributed by atoms with Gasteiger partial charge in [0.1, 0.15) is 12.1 Å². The quantitative estimate of drug-likeness (QED) is 0.580. The fourth-order valence-electron chi connectivity index (χ4n) is 2.84. The summed E-state index contributed by atoms with van der Waals surface area (Å²) in [4.78, 5) is 12.3. The van der Waals surface area contributed by atoms with Crippen molar-refractivity contribution in [1.29, 1.82) is 0 Å². The maximum absolute atomic E-state index is 12.3. The van der Waals surface area contributed by atoms with E-state index in [2.05, 4.69) is 20.6 Å². The Bertz CT molecular complexity index is 1150. The lowest BCUT2D eigenvalue weighted by atomic mass is 10.1. The third-order valence-corrected chi connectivity index (χ3v) is 4.31. The summed E-state index contributed by atoms with van der Waals surface area (Å²) in [5.41, 5.74) is 5.08. The molecule has 1 amide bonds. The zero-order chi connectivity index (χ0) is 19.5. The van der Waals surface area contributed by atoms with Gasteiger partial charge in [0.15, 0.2) is 12.3 Å². The number of amides is 1. The molecule has 0 radical (unpaired) electrons. The number of benzene rings is 2. The van der Waals surface area contributed by atoms with Gasteiger partial charge in [-0.05, 0) is 55.3 Å². The number of nitrogens with zero attached hydrogens (tertiary/aromatic N) is 4. The molecule has 7 nitrogen and oxygen atoms in total. The minimum absolute atomic E-state index is 0.0561. The first-order chi connectivity index (χ1) is 13.6. The molecule has 0 aliphatic rings. The van der Waals surface area contributed by atoms with Crippen LogP contribution in [0.1, 0.15) is 11.1 Å². The molecule has 0 fully saturated rings. The lowest BCUT2D eigenvalue weighted by Crippen LogP contribution is -2.20. The van der Waals surface area contributed by atoms with Crippen LogP contribution in [-0.4, -0.2) is 32.3 Å². The standard InChI is InChI=1S/C21H19N5O2/c1-14-6-7-15(2)19(10-14)28-12-21(27)23-17-5-3-4-16(11-17)18-8-9-20-24-22-13-26(20)25-18/h3-11,13H,12H2,1-2H3,(H,23,27). The zero-order valence-corrected chi connectivity index (χ0v) is 15.6. The lowest BCUT2D eigenvalue weighted by Gasteiger charge is -2.11. The van der Waals surface area contributed by atoms with Gasteiger partial charge < -0.3 is 10.1 Å². The third-order valence-electron chi connectivity index (χ3n) is 4.31. The number of carbonyl (C=O) groups is 1. The molecule has 0 aliphatic carbocycles. The number of ether oxygens (including phenoxy) is 1. The molecule has 0 unspecified atom stereocenters. The fourth-order valence-corrected chi connectivity index (χ4v) is 2.84. The van der Waals surface area contributed by atoms with Crippen molar-refractivity contribution in [2.75, 3.05) is 11.9 Å². The third kappa shape index (κ3) is 3.83. The van der Waals surface area contributed by atoms with E-state index in [1.54, 1.807) is 10.8 Å². The Morgan fingerprint density at radius 3 is 2.89 bits per heavy atom. The number of hydrogen-bond acceptors (Lipinski definition) is 5. The summed E-state index contributed by atoms with van der Waals surface area (Å²) < 4.78 is 7.27. The van der Waals surface area contributed by atoms with Crippen molar-refractivity contribution in [1.82, 2.24) is 19.8 Å². The fraction of sp³-hybridized carbons (Fsp3) is 0.143. The van der Waals surface area contributed by atoms with Gasteiger partial charge in [0.05, 0.1) is 5.69 Å². The Labute approximate surface area is 162 Å². The van der Waals surface area contributed by atoms with Crippen LogP contribution in [0.4, 0.5) is 5.69 Å². The van der Waals surface area contributed by atoms with Crippen molar-refractivity contribution in [2.24, 2.45) is 0 Å². The summed E-state index contributed by atoms with van der Waals surface area (Å²) in [7, 11) is 0. The van der Waals surface area contributed by atoms with Gasteiger partial charge in [-0.3, -0.25) is 4.79 Å². The summed E-state index contributed by atoms with van der Waals surface area (Å²) >= 11 is 0. The summed E-state index contributed by atoms with van der Waals surface area (Å²) in [6, 6.07) is 17.1. The Kier molecular flexibility index (Phi) is 4.72. The average molecular weight is 373 g/mol. The normalized spacial score (nSPS) is 10.8. The van der Waals surface area contributed by atoms with Crippen LogP contribution < -0.4 is 10.1 Å². The first-order valence-electron chi connectivity index (χ1n) is 8.86. The summed E-state index contributed by atoms with van der Waals surface area (Å²) in [5, 5.41) is 15.1. The van der Waals surface area contributed by atoms with Gasteiger partial charge in [0.25, 0.3) is 5.91 Å². The van der Waals surface area contributed by atoms with Gasteiger partial charge >= 0.3 is 0 Å². The molecule has 4 aromatic rings. The van der Waals surface area contributed by atoms with E-state index in [0.29, 0.717) is 11.3 Å². The van der Waals surface area contributed by atoms with E-state index >= 15 is 0 Å². The maximum atomic E-state index is 12.3. The van der Waals surface area contributed by atoms with E-state index in [4.69, 9.17) is 4.74 Å². The highest BCUT2D eigenvalue weighted by Gasteiger charge is 2.08. The predicted molar refractivity (Wildman–Crippen MR) is 106 cm³/mol. The second-order valence-corrected chi connectivity index (χ2v) is 6.54. The van der Waals surface area contributed by atoms with Crippen LogP contribution in [0.5, 0.6) is 5.75 Å². The van der Waals surface area contributed by atoms with Crippen LogP contribution in [0.3, 0.4) is 0 Å². The summed E-state index contributed by atoms with van der Waals surface area (Å²) in [6.07, 6.45) is 1.55. The van der Waals surface area contributed by atoms with Gasteiger partial charge in [-0.15, -0.1) is 10.2 Å². The predicted octanol–water partition coefficient (Wildman–Crippen LogP) is 3.43. The number of aromatic nitrogens is 4. The zero-order valence-electron chi connectivity index (χ0n) is 15.6. The van der Waals surface area contributed by atoms with E-state index in [0.717, 1.165) is 28.1 Å². The van der Waals surface area contributed by atoms with Crippen LogP contribution in [-0.2, 0) is 4.79 Å². The average Bonchev–Trinajstić information content (AvgIpc) is 3.17. The largest absolute Gasteiger partial charge is 0.483 e. The second kappa shape index (κ2) is 7.48. The molecule has 0 saturated carbocycles. The molecule has 7 heteroatoms. The van der Waals surface area contributed by atoms with Gasteiger partial charge in [-0.1, -0.05) is 24.3 Å². The van der Waals surface area contributed by atoms with Crippen LogP contribution in [0.2, 0.25) is 0 Å². The Morgan fingerprint density at radius 2 is 2.00 bits per heavy atom. The first-order valence-corrected chi connectivity index (χ1v) is 8.86. The van der Waals surface area contributed by atoms with E-state index in [1.165, 1.54) is 0 Å². The molecule has 0 bridgehead atoms. The number of nitrogens with one attached hydrogen (secondary N) is 1. The molecule has 2 aromatic carbocycles. The summed E-state index contributed by atoms with van der Waals surface area (Å²) in [5.74, 6) is 0.496. The van der Waals surface area contributed by atoms with Crippen LogP contribution in [0.15, 0.2) is 60.9 Å². The molecular formula is C21H19N5O2. The summed E-state index contributed by atoms with van der Waals surface area (Å²) in [6.45, 7) is 3.89. The molecule has 0 aliphatic heterocycles. The second-order valence-electron chi connectivity index (χ2n) is 6.54. The molecule has 28 heavy (non-hydrogen) atoms. The molecule has 1 N–H and O–H groups in total. The first kappa shape index (κ1) is 17.7. The van der Waals surface area contributed by atoms with E-state index in [1.807, 2.05) is 68.4 Å². The van der Waals surface area contributed by atoms with Crippen LogP contribution in [0, 0.1) is 13.8 Å². The Balaban J connectivity index is 1.45. The minimum atomic E-state index is -0.222.